The summed E-state index contributed by atoms with van der Waals surface area (Å²) >= 11 is 0. The van der Waals surface area contributed by atoms with Crippen LogP contribution in [0.4, 0.5) is 0 Å². The molecule has 2 aliphatic heterocycles. The number of carbonyl (C=O) groups excluding carboxylic acids is 2. The molecule has 0 aromatic rings. The van der Waals surface area contributed by atoms with E-state index >= 15 is 0 Å². The Morgan fingerprint density at radius 2 is 1.62 bits per heavy atom. The fraction of sp³-hybridized carbons (Fsp3) is 0.727. The van der Waals surface area contributed by atoms with Crippen LogP contribution in [-0.2, 0) is 38.1 Å². The van der Waals surface area contributed by atoms with E-state index in [-0.39, 0.29) is 39.5 Å². The van der Waals surface area contributed by atoms with Gasteiger partial charge in [0.2, 0.25) is 12.6 Å². The quantitative estimate of drug-likeness (QED) is 0.444. The summed E-state index contributed by atoms with van der Waals surface area (Å²) in [5.74, 6) is -3.33. The molecule has 2 heterocycles. The molecular weight excluding hydrogens is 424 g/mol. The van der Waals surface area contributed by atoms with Gasteiger partial charge in [-0.2, -0.15) is 0 Å². The number of ether oxygens (including phenoxy) is 4. The zero-order valence-electron chi connectivity index (χ0n) is 18.1. The lowest BCUT2D eigenvalue weighted by molar-refractivity contribution is -0.154. The Kier molecular flexibility index (Phi) is 12.4. The molecule has 2 aliphatic rings. The van der Waals surface area contributed by atoms with Gasteiger partial charge in [-0.3, -0.25) is 9.59 Å². The summed E-state index contributed by atoms with van der Waals surface area (Å²) in [5, 5.41) is 17.3. The molecule has 0 spiro atoms. The molecule has 0 radical (unpaired) electrons. The van der Waals surface area contributed by atoms with Crippen LogP contribution in [-0.4, -0.2) is 58.4 Å². The van der Waals surface area contributed by atoms with Gasteiger partial charge in [0.25, 0.3) is 0 Å². The maximum Gasteiger partial charge on any atom is 0.341 e. The van der Waals surface area contributed by atoms with Gasteiger partial charge < -0.3 is 29.2 Å². The van der Waals surface area contributed by atoms with Gasteiger partial charge in [-0.15, -0.1) is 0 Å². The highest BCUT2D eigenvalue weighted by atomic mass is 16.8. The van der Waals surface area contributed by atoms with Crippen LogP contribution in [0.5, 0.6) is 0 Å². The van der Waals surface area contributed by atoms with Crippen molar-refractivity contribution in [3.05, 3.63) is 11.6 Å². The third-order valence-corrected chi connectivity index (χ3v) is 4.15. The summed E-state index contributed by atoms with van der Waals surface area (Å²) in [4.78, 5) is 43.9. The lowest BCUT2D eigenvalue weighted by Crippen LogP contribution is -2.38. The average Bonchev–Trinajstić information content (AvgIpc) is 3.05. The molecule has 2 N–H and O–H groups in total. The van der Waals surface area contributed by atoms with Crippen molar-refractivity contribution in [2.45, 2.75) is 99.9 Å². The Balaban J connectivity index is 0. The average molecular weight is 463 g/mol. The van der Waals surface area contributed by atoms with E-state index in [1.165, 1.54) is 0 Å². The predicted octanol–water partition coefficient (Wildman–Crippen LogP) is 3.52. The van der Waals surface area contributed by atoms with Gasteiger partial charge in [0, 0.05) is 11.8 Å². The van der Waals surface area contributed by atoms with Crippen LogP contribution in [0, 0.1) is 5.41 Å². The van der Waals surface area contributed by atoms with Crippen molar-refractivity contribution in [3.8, 4) is 0 Å². The first-order valence-electron chi connectivity index (χ1n) is 9.48. The molecular formula is C22H38O10. The highest BCUT2D eigenvalue weighted by Gasteiger charge is 2.50. The number of cyclic esters (lactones) is 2. The van der Waals surface area contributed by atoms with Crippen molar-refractivity contribution in [2.75, 3.05) is 0 Å². The van der Waals surface area contributed by atoms with Gasteiger partial charge in [-0.1, -0.05) is 47.3 Å². The molecule has 1 unspecified atom stereocenters. The van der Waals surface area contributed by atoms with Crippen LogP contribution in [0.1, 0.15) is 75.7 Å². The Morgan fingerprint density at radius 1 is 1.06 bits per heavy atom. The van der Waals surface area contributed by atoms with E-state index in [9.17, 15) is 19.2 Å². The maximum absolute atomic E-state index is 11.6. The molecule has 2 saturated heterocycles. The second-order valence-electron chi connectivity index (χ2n) is 8.50. The molecule has 4 atom stereocenters. The van der Waals surface area contributed by atoms with Crippen molar-refractivity contribution in [1.29, 1.82) is 0 Å². The summed E-state index contributed by atoms with van der Waals surface area (Å²) in [6.45, 7) is 10.9. The third kappa shape index (κ3) is 9.35. The Labute approximate surface area is 189 Å². The molecule has 10 heteroatoms. The van der Waals surface area contributed by atoms with Crippen molar-refractivity contribution < 1.29 is 48.3 Å². The first-order valence-corrected chi connectivity index (χ1v) is 9.48. The minimum atomic E-state index is -1.36. The highest BCUT2D eigenvalue weighted by Crippen LogP contribution is 2.32. The first kappa shape index (κ1) is 31.7. The smallest absolute Gasteiger partial charge is 0.341 e. The number of carbonyl (C=O) groups is 4. The van der Waals surface area contributed by atoms with Crippen LogP contribution in [0.25, 0.3) is 0 Å². The number of hydrogen-bond acceptors (Lipinski definition) is 8. The molecule has 0 bridgehead atoms. The molecule has 2 fully saturated rings. The summed E-state index contributed by atoms with van der Waals surface area (Å²) < 4.78 is 20.3. The minimum Gasteiger partial charge on any atom is -0.481 e. The number of esters is 2. The SMILES string of the molecule is C.C.CC(C)(C)[C@H]1OC(=O)[C@@H](CC(=O)O)O1.CC(C)=CCC1(CC(=O)O)O[C@@H](C)OC1=O. The summed E-state index contributed by atoms with van der Waals surface area (Å²) in [7, 11) is 0. The summed E-state index contributed by atoms with van der Waals surface area (Å²) in [6, 6.07) is 0. The van der Waals surface area contributed by atoms with E-state index < -0.39 is 48.2 Å². The highest BCUT2D eigenvalue weighted by molar-refractivity contribution is 5.86. The lowest BCUT2D eigenvalue weighted by atomic mass is 9.94. The van der Waals surface area contributed by atoms with Crippen molar-refractivity contribution in [2.24, 2.45) is 5.41 Å². The fourth-order valence-electron chi connectivity index (χ4n) is 2.66. The number of rotatable bonds is 6. The van der Waals surface area contributed by atoms with E-state index in [0.717, 1.165) is 5.57 Å². The number of aliphatic carboxylic acids is 2. The van der Waals surface area contributed by atoms with Crippen molar-refractivity contribution >= 4 is 23.9 Å². The van der Waals surface area contributed by atoms with Crippen LogP contribution >= 0.6 is 0 Å². The van der Waals surface area contributed by atoms with E-state index in [1.807, 2.05) is 34.6 Å². The summed E-state index contributed by atoms with van der Waals surface area (Å²) in [5.41, 5.74) is -0.688. The Hall–Kier alpha value is -2.46. The topological polar surface area (TPSA) is 146 Å². The molecule has 0 amide bonds. The third-order valence-electron chi connectivity index (χ3n) is 4.15. The largest absolute Gasteiger partial charge is 0.481 e. The first-order chi connectivity index (χ1) is 13.7. The normalized spacial score (nSPS) is 26.4. The Morgan fingerprint density at radius 3 is 1.97 bits per heavy atom. The molecule has 32 heavy (non-hydrogen) atoms. The van der Waals surface area contributed by atoms with Crippen molar-refractivity contribution in [1.82, 2.24) is 0 Å². The lowest BCUT2D eigenvalue weighted by Gasteiger charge is -2.23. The summed E-state index contributed by atoms with van der Waals surface area (Å²) in [6.07, 6.45) is -1.01. The zero-order valence-corrected chi connectivity index (χ0v) is 18.1. The zero-order chi connectivity index (χ0) is 23.3. The fourth-order valence-corrected chi connectivity index (χ4v) is 2.66. The van der Waals surface area contributed by atoms with Crippen LogP contribution < -0.4 is 0 Å². The predicted molar refractivity (Wildman–Crippen MR) is 116 cm³/mol. The van der Waals surface area contributed by atoms with E-state index in [1.54, 1.807) is 13.0 Å². The monoisotopic (exact) mass is 462 g/mol. The second-order valence-corrected chi connectivity index (χ2v) is 8.50. The molecule has 10 nitrogen and oxygen atoms in total. The molecule has 186 valence electrons. The minimum absolute atomic E-state index is 0. The van der Waals surface area contributed by atoms with E-state index in [2.05, 4.69) is 0 Å². The van der Waals surface area contributed by atoms with Gasteiger partial charge >= 0.3 is 23.9 Å². The molecule has 0 saturated carbocycles. The van der Waals surface area contributed by atoms with Gasteiger partial charge in [0.1, 0.15) is 0 Å². The molecule has 0 aromatic carbocycles. The molecule has 0 aliphatic carbocycles. The van der Waals surface area contributed by atoms with E-state index in [4.69, 9.17) is 29.2 Å². The van der Waals surface area contributed by atoms with Gasteiger partial charge in [-0.25, -0.2) is 9.59 Å². The van der Waals surface area contributed by atoms with Crippen LogP contribution in [0.15, 0.2) is 11.6 Å². The molecule has 0 aromatic heterocycles. The Bertz CT molecular complexity index is 702. The maximum atomic E-state index is 11.6. The van der Waals surface area contributed by atoms with Gasteiger partial charge in [0.05, 0.1) is 12.8 Å². The van der Waals surface area contributed by atoms with E-state index in [0.29, 0.717) is 0 Å². The number of hydrogen-bond donors (Lipinski definition) is 2. The van der Waals surface area contributed by atoms with Crippen LogP contribution in [0.2, 0.25) is 0 Å². The molecule has 2 rings (SSSR count). The second kappa shape index (κ2) is 12.5. The number of carboxylic acids is 2. The number of carboxylic acid groups (broad SMARTS) is 2. The van der Waals surface area contributed by atoms with Gasteiger partial charge in [-0.05, 0) is 20.8 Å². The van der Waals surface area contributed by atoms with Crippen molar-refractivity contribution in [3.63, 3.8) is 0 Å². The standard InChI is InChI=1S/C11H16O5.C9H14O5.2CH4/c1-7(2)4-5-11(6-9(12)13)10(14)15-8(3)16-11;1-9(2,3)8-13-5(4-6(10)11)7(12)14-8;;/h4,8H,5-6H2,1-3H3,(H,12,13);5,8H,4H2,1-3H3,(H,10,11);2*1H4/t8-,11?;5-,8-;;/m01../s1. The van der Waals surface area contributed by atoms with Crippen LogP contribution in [0.3, 0.4) is 0 Å². The van der Waals surface area contributed by atoms with Gasteiger partial charge in [0.15, 0.2) is 11.7 Å². The number of allylic oxidation sites excluding steroid dienone is 1.